The van der Waals surface area contributed by atoms with Gasteiger partial charge >= 0.3 is 6.18 Å². The molecule has 1 aromatic heterocycles. The molecule has 0 aliphatic heterocycles. The van der Waals surface area contributed by atoms with Gasteiger partial charge in [-0.3, -0.25) is 4.72 Å². The Morgan fingerprint density at radius 1 is 0.920 bits per heavy atom. The van der Waals surface area contributed by atoms with Crippen molar-refractivity contribution in [1.82, 2.24) is 4.98 Å². The molecule has 4 nitrogen and oxygen atoms in total. The van der Waals surface area contributed by atoms with E-state index in [9.17, 15) is 26.0 Å². The lowest BCUT2D eigenvalue weighted by Gasteiger charge is -2.10. The van der Waals surface area contributed by atoms with E-state index in [2.05, 4.69) is 9.71 Å². The van der Waals surface area contributed by atoms with Gasteiger partial charge in [0.05, 0.1) is 16.0 Å². The first-order valence-corrected chi connectivity index (χ1v) is 8.40. The van der Waals surface area contributed by atoms with Crippen molar-refractivity contribution in [3.05, 3.63) is 66.0 Å². The molecule has 0 saturated heterocycles. The smallest absolute Gasteiger partial charge is 0.263 e. The molecule has 0 aliphatic rings. The van der Waals surface area contributed by atoms with Crippen molar-refractivity contribution < 1.29 is 26.0 Å². The molecule has 0 unspecified atom stereocenters. The minimum Gasteiger partial charge on any atom is -0.263 e. The number of alkyl halides is 3. The summed E-state index contributed by atoms with van der Waals surface area (Å²) in [6.45, 7) is 0. The number of pyridine rings is 1. The molecule has 3 rings (SSSR count). The fourth-order valence-corrected chi connectivity index (χ4v) is 3.17. The molecule has 0 bridgehead atoms. The highest BCUT2D eigenvalue weighted by molar-refractivity contribution is 7.92. The third kappa shape index (κ3) is 3.71. The lowest BCUT2D eigenvalue weighted by Crippen LogP contribution is -2.14. The van der Waals surface area contributed by atoms with Gasteiger partial charge in [-0.05, 0) is 48.5 Å². The summed E-state index contributed by atoms with van der Waals surface area (Å²) in [6.07, 6.45) is -4.56. The molecule has 9 heteroatoms. The quantitative estimate of drug-likeness (QED) is 0.703. The molecule has 0 atom stereocenters. The van der Waals surface area contributed by atoms with Crippen molar-refractivity contribution in [2.75, 3.05) is 4.72 Å². The molecular formula is C16H10F4N2O2S. The van der Waals surface area contributed by atoms with E-state index in [1.54, 1.807) is 6.07 Å². The van der Waals surface area contributed by atoms with Crippen molar-refractivity contribution in [1.29, 1.82) is 0 Å². The zero-order valence-electron chi connectivity index (χ0n) is 12.4. The van der Waals surface area contributed by atoms with Crippen LogP contribution in [-0.4, -0.2) is 13.4 Å². The standard InChI is InChI=1S/C16H10F4N2O2S/c17-12-5-1-10-2-8-15(21-14(10)9-12)22-25(23,24)13-6-3-11(4-7-13)16(18,19)20/h1-9H,(H,21,22). The SMILES string of the molecule is O=S(=O)(Nc1ccc2ccc(F)cc2n1)c1ccc(C(F)(F)F)cc1. The number of hydrogen-bond donors (Lipinski definition) is 1. The number of aromatic nitrogens is 1. The molecule has 1 N–H and O–H groups in total. The van der Waals surface area contributed by atoms with Crippen LogP contribution in [0.3, 0.4) is 0 Å². The molecule has 25 heavy (non-hydrogen) atoms. The summed E-state index contributed by atoms with van der Waals surface area (Å²) < 4.78 is 77.5. The van der Waals surface area contributed by atoms with Gasteiger partial charge in [0, 0.05) is 11.5 Å². The van der Waals surface area contributed by atoms with Gasteiger partial charge in [0.15, 0.2) is 0 Å². The van der Waals surface area contributed by atoms with Gasteiger partial charge in [0.2, 0.25) is 0 Å². The second-order valence-electron chi connectivity index (χ2n) is 5.16. The Labute approximate surface area is 140 Å². The Hall–Kier alpha value is -2.68. The predicted octanol–water partition coefficient (Wildman–Crippen LogP) is 4.19. The number of sulfonamides is 1. The van der Waals surface area contributed by atoms with Crippen LogP contribution >= 0.6 is 0 Å². The van der Waals surface area contributed by atoms with Gasteiger partial charge in [-0.15, -0.1) is 0 Å². The number of nitrogens with zero attached hydrogens (tertiary/aromatic N) is 1. The Morgan fingerprint density at radius 3 is 2.20 bits per heavy atom. The van der Waals surface area contributed by atoms with Gasteiger partial charge in [0.25, 0.3) is 10.0 Å². The van der Waals surface area contributed by atoms with E-state index >= 15 is 0 Å². The summed E-state index contributed by atoms with van der Waals surface area (Å²) in [5.74, 6) is -0.597. The Kier molecular flexibility index (Phi) is 4.11. The van der Waals surface area contributed by atoms with E-state index in [-0.39, 0.29) is 16.2 Å². The van der Waals surface area contributed by atoms with Crippen LogP contribution in [0.15, 0.2) is 59.5 Å². The summed E-state index contributed by atoms with van der Waals surface area (Å²) in [5.41, 5.74) is -0.710. The van der Waals surface area contributed by atoms with Gasteiger partial charge < -0.3 is 0 Å². The maximum Gasteiger partial charge on any atom is 0.416 e. The average Bonchev–Trinajstić information content (AvgIpc) is 2.53. The minimum atomic E-state index is -4.56. The van der Waals surface area contributed by atoms with E-state index in [4.69, 9.17) is 0 Å². The van der Waals surface area contributed by atoms with Crippen LogP contribution < -0.4 is 4.72 Å². The summed E-state index contributed by atoms with van der Waals surface area (Å²) in [4.78, 5) is 3.65. The normalized spacial score (nSPS) is 12.3. The van der Waals surface area contributed by atoms with Crippen molar-refractivity contribution >= 4 is 26.7 Å². The number of rotatable bonds is 3. The van der Waals surface area contributed by atoms with E-state index in [0.29, 0.717) is 17.5 Å². The maximum absolute atomic E-state index is 13.2. The van der Waals surface area contributed by atoms with Crippen molar-refractivity contribution in [3.8, 4) is 0 Å². The van der Waals surface area contributed by atoms with E-state index in [1.165, 1.54) is 18.2 Å². The highest BCUT2D eigenvalue weighted by atomic mass is 32.2. The molecule has 3 aromatic rings. The lowest BCUT2D eigenvalue weighted by molar-refractivity contribution is -0.137. The topological polar surface area (TPSA) is 59.1 Å². The Morgan fingerprint density at radius 2 is 1.56 bits per heavy atom. The van der Waals surface area contributed by atoms with Crippen LogP contribution in [0.1, 0.15) is 5.56 Å². The van der Waals surface area contributed by atoms with Crippen LogP contribution in [0.4, 0.5) is 23.4 Å². The van der Waals surface area contributed by atoms with E-state index in [1.807, 2.05) is 0 Å². The minimum absolute atomic E-state index is 0.0713. The molecule has 1 heterocycles. The van der Waals surface area contributed by atoms with Crippen LogP contribution in [0.2, 0.25) is 0 Å². The van der Waals surface area contributed by atoms with Crippen molar-refractivity contribution in [2.24, 2.45) is 0 Å². The fraction of sp³-hybridized carbons (Fsp3) is 0.0625. The van der Waals surface area contributed by atoms with Gasteiger partial charge in [-0.2, -0.15) is 13.2 Å². The summed E-state index contributed by atoms with van der Waals surface area (Å²) in [6, 6.07) is 9.87. The highest BCUT2D eigenvalue weighted by Crippen LogP contribution is 2.30. The van der Waals surface area contributed by atoms with E-state index in [0.717, 1.165) is 18.2 Å². The first-order chi connectivity index (χ1) is 11.6. The first kappa shape index (κ1) is 17.2. The third-order valence-electron chi connectivity index (χ3n) is 3.39. The van der Waals surface area contributed by atoms with Crippen LogP contribution in [-0.2, 0) is 16.2 Å². The monoisotopic (exact) mass is 370 g/mol. The molecule has 0 spiro atoms. The van der Waals surface area contributed by atoms with Gasteiger partial charge in [-0.25, -0.2) is 17.8 Å². The van der Waals surface area contributed by atoms with Crippen LogP contribution in [0.25, 0.3) is 10.9 Å². The fourth-order valence-electron chi connectivity index (χ4n) is 2.17. The van der Waals surface area contributed by atoms with Crippen molar-refractivity contribution in [3.63, 3.8) is 0 Å². The zero-order valence-corrected chi connectivity index (χ0v) is 13.2. The second kappa shape index (κ2) is 5.99. The molecule has 0 aliphatic carbocycles. The number of halogens is 4. The molecule has 0 radical (unpaired) electrons. The van der Waals surface area contributed by atoms with Gasteiger partial charge in [0.1, 0.15) is 11.6 Å². The number of benzene rings is 2. The largest absolute Gasteiger partial charge is 0.416 e. The molecule has 0 amide bonds. The summed E-state index contributed by atoms with van der Waals surface area (Å²) >= 11 is 0. The second-order valence-corrected chi connectivity index (χ2v) is 6.84. The number of hydrogen-bond acceptors (Lipinski definition) is 3. The number of nitrogens with one attached hydrogen (secondary N) is 1. The van der Waals surface area contributed by atoms with Crippen LogP contribution in [0.5, 0.6) is 0 Å². The summed E-state index contributed by atoms with van der Waals surface area (Å²) in [5, 5.41) is 0.610. The van der Waals surface area contributed by atoms with Crippen LogP contribution in [0, 0.1) is 5.82 Å². The first-order valence-electron chi connectivity index (χ1n) is 6.91. The Balaban J connectivity index is 1.91. The highest BCUT2D eigenvalue weighted by Gasteiger charge is 2.30. The van der Waals surface area contributed by atoms with Gasteiger partial charge in [-0.1, -0.05) is 0 Å². The van der Waals surface area contributed by atoms with E-state index < -0.39 is 27.6 Å². The zero-order chi connectivity index (χ0) is 18.2. The van der Waals surface area contributed by atoms with Crippen molar-refractivity contribution in [2.45, 2.75) is 11.1 Å². The number of anilines is 1. The molecular weight excluding hydrogens is 360 g/mol. The molecule has 130 valence electrons. The molecule has 0 saturated carbocycles. The number of fused-ring (bicyclic) bond motifs is 1. The average molecular weight is 370 g/mol. The third-order valence-corrected chi connectivity index (χ3v) is 4.76. The summed E-state index contributed by atoms with van der Waals surface area (Å²) in [7, 11) is -4.13. The predicted molar refractivity (Wildman–Crippen MR) is 84.0 cm³/mol. The lowest BCUT2D eigenvalue weighted by atomic mass is 10.2. The maximum atomic E-state index is 13.2. The Bertz CT molecular complexity index is 1030. The molecule has 0 fully saturated rings. The molecule has 2 aromatic carbocycles.